The lowest BCUT2D eigenvalue weighted by Gasteiger charge is -2.09. The van der Waals surface area contributed by atoms with Crippen molar-refractivity contribution in [3.63, 3.8) is 0 Å². The molecule has 0 aliphatic heterocycles. The van der Waals surface area contributed by atoms with Crippen molar-refractivity contribution in [2.45, 2.75) is 6.92 Å². The highest BCUT2D eigenvalue weighted by Crippen LogP contribution is 2.32. The van der Waals surface area contributed by atoms with Gasteiger partial charge in [0.1, 0.15) is 11.4 Å². The van der Waals surface area contributed by atoms with E-state index in [0.29, 0.717) is 35.5 Å². The van der Waals surface area contributed by atoms with Crippen LogP contribution >= 0.6 is 0 Å². The summed E-state index contributed by atoms with van der Waals surface area (Å²) in [5.74, 6) is 1.94. The van der Waals surface area contributed by atoms with E-state index in [1.165, 1.54) is 0 Å². The Hall–Kier alpha value is -3.48. The largest absolute Gasteiger partial charge is 0.497 e. The van der Waals surface area contributed by atoms with Crippen molar-refractivity contribution in [1.29, 1.82) is 0 Å². The van der Waals surface area contributed by atoms with Crippen molar-refractivity contribution in [2.75, 3.05) is 13.7 Å². The summed E-state index contributed by atoms with van der Waals surface area (Å²) in [6, 6.07) is 13.1. The monoisotopic (exact) mass is 348 g/mol. The molecule has 3 aromatic heterocycles. The van der Waals surface area contributed by atoms with Gasteiger partial charge in [-0.2, -0.15) is 4.98 Å². The summed E-state index contributed by atoms with van der Waals surface area (Å²) in [5.41, 5.74) is 2.06. The molecular weight excluding hydrogens is 332 g/mol. The minimum absolute atomic E-state index is 0.341. The quantitative estimate of drug-likeness (QED) is 0.543. The molecule has 3 heterocycles. The summed E-state index contributed by atoms with van der Waals surface area (Å²) in [6.07, 6.45) is 1.68. The van der Waals surface area contributed by atoms with E-state index in [1.807, 2.05) is 49.4 Å². The van der Waals surface area contributed by atoms with E-state index in [9.17, 15) is 0 Å². The SMILES string of the molecule is CCOc1nc2ccc(OC)cc2cc1-c1noc(-c2ccccn2)n1. The van der Waals surface area contributed by atoms with Crippen molar-refractivity contribution < 1.29 is 14.0 Å². The summed E-state index contributed by atoms with van der Waals surface area (Å²) >= 11 is 0. The van der Waals surface area contributed by atoms with Gasteiger partial charge in [-0.25, -0.2) is 4.98 Å². The topological polar surface area (TPSA) is 83.2 Å². The molecule has 4 rings (SSSR count). The Morgan fingerprint density at radius 2 is 2.00 bits per heavy atom. The van der Waals surface area contributed by atoms with Crippen LogP contribution in [-0.2, 0) is 0 Å². The molecular formula is C19H16N4O3. The molecule has 0 fully saturated rings. The molecule has 0 saturated heterocycles. The summed E-state index contributed by atoms with van der Waals surface area (Å²) in [5, 5.41) is 4.97. The highest BCUT2D eigenvalue weighted by molar-refractivity contribution is 5.86. The molecule has 130 valence electrons. The molecule has 0 spiro atoms. The van der Waals surface area contributed by atoms with Gasteiger partial charge in [0.25, 0.3) is 5.89 Å². The van der Waals surface area contributed by atoms with Crippen LogP contribution in [0.2, 0.25) is 0 Å². The van der Waals surface area contributed by atoms with Crippen molar-refractivity contribution in [3.8, 4) is 34.6 Å². The summed E-state index contributed by atoms with van der Waals surface area (Å²) in [6.45, 7) is 2.38. The molecule has 7 heteroatoms. The minimum Gasteiger partial charge on any atom is -0.497 e. The third kappa shape index (κ3) is 2.95. The second-order valence-electron chi connectivity index (χ2n) is 5.47. The standard InChI is InChI=1S/C19H16N4O3/c1-3-25-18-14(11-12-10-13(24-2)7-8-15(12)21-18)17-22-19(26-23-17)16-6-4-5-9-20-16/h4-11H,3H2,1-2H3. The van der Waals surface area contributed by atoms with Crippen LogP contribution < -0.4 is 9.47 Å². The Morgan fingerprint density at radius 1 is 1.08 bits per heavy atom. The lowest BCUT2D eigenvalue weighted by molar-refractivity contribution is 0.329. The molecule has 26 heavy (non-hydrogen) atoms. The maximum Gasteiger partial charge on any atom is 0.276 e. The molecule has 0 atom stereocenters. The van der Waals surface area contributed by atoms with Crippen molar-refractivity contribution in [1.82, 2.24) is 20.1 Å². The van der Waals surface area contributed by atoms with E-state index in [0.717, 1.165) is 16.7 Å². The van der Waals surface area contributed by atoms with Gasteiger partial charge in [-0.3, -0.25) is 4.98 Å². The van der Waals surface area contributed by atoms with E-state index in [-0.39, 0.29) is 0 Å². The lowest BCUT2D eigenvalue weighted by atomic mass is 10.1. The maximum absolute atomic E-state index is 5.69. The first-order valence-electron chi connectivity index (χ1n) is 8.15. The molecule has 1 aromatic carbocycles. The van der Waals surface area contributed by atoms with Crippen LogP contribution in [0, 0.1) is 0 Å². The number of pyridine rings is 2. The Balaban J connectivity index is 1.83. The van der Waals surface area contributed by atoms with Crippen LogP contribution in [0.1, 0.15) is 6.92 Å². The predicted molar refractivity (Wildman–Crippen MR) is 96.0 cm³/mol. The third-order valence-electron chi connectivity index (χ3n) is 3.82. The summed E-state index contributed by atoms with van der Waals surface area (Å²) in [4.78, 5) is 13.3. The van der Waals surface area contributed by atoms with Gasteiger partial charge in [-0.15, -0.1) is 0 Å². The normalized spacial score (nSPS) is 10.8. The maximum atomic E-state index is 5.69. The Bertz CT molecular complexity index is 1050. The first-order chi connectivity index (χ1) is 12.8. The van der Waals surface area contributed by atoms with Gasteiger partial charge >= 0.3 is 0 Å². The summed E-state index contributed by atoms with van der Waals surface area (Å²) in [7, 11) is 1.63. The third-order valence-corrected chi connectivity index (χ3v) is 3.82. The fourth-order valence-electron chi connectivity index (χ4n) is 2.60. The molecule has 0 aliphatic rings. The molecule has 0 saturated carbocycles. The zero-order valence-corrected chi connectivity index (χ0v) is 14.3. The smallest absolute Gasteiger partial charge is 0.276 e. The van der Waals surface area contributed by atoms with Crippen LogP contribution in [-0.4, -0.2) is 33.8 Å². The Morgan fingerprint density at radius 3 is 2.77 bits per heavy atom. The zero-order valence-electron chi connectivity index (χ0n) is 14.3. The lowest BCUT2D eigenvalue weighted by Crippen LogP contribution is -1.98. The van der Waals surface area contributed by atoms with Gasteiger partial charge < -0.3 is 14.0 Å². The van der Waals surface area contributed by atoms with Gasteiger partial charge in [-0.1, -0.05) is 11.2 Å². The predicted octanol–water partition coefficient (Wildman–Crippen LogP) is 3.75. The van der Waals surface area contributed by atoms with E-state index >= 15 is 0 Å². The molecule has 0 bridgehead atoms. The molecule has 0 radical (unpaired) electrons. The van der Waals surface area contributed by atoms with Crippen molar-refractivity contribution in [3.05, 3.63) is 48.7 Å². The van der Waals surface area contributed by atoms with E-state index in [2.05, 4.69) is 20.1 Å². The average Bonchev–Trinajstić information content (AvgIpc) is 3.18. The number of hydrogen-bond donors (Lipinski definition) is 0. The van der Waals surface area contributed by atoms with Crippen LogP contribution in [0.3, 0.4) is 0 Å². The fraction of sp³-hybridized carbons (Fsp3) is 0.158. The van der Waals surface area contributed by atoms with Crippen molar-refractivity contribution >= 4 is 10.9 Å². The number of hydrogen-bond acceptors (Lipinski definition) is 7. The van der Waals surface area contributed by atoms with E-state index < -0.39 is 0 Å². The van der Waals surface area contributed by atoms with Gasteiger partial charge in [0.05, 0.1) is 24.8 Å². The van der Waals surface area contributed by atoms with Crippen molar-refractivity contribution in [2.24, 2.45) is 0 Å². The number of fused-ring (bicyclic) bond motifs is 1. The number of benzene rings is 1. The Kier molecular flexibility index (Phi) is 4.18. The molecule has 0 aliphatic carbocycles. The highest BCUT2D eigenvalue weighted by Gasteiger charge is 2.18. The van der Waals surface area contributed by atoms with E-state index in [1.54, 1.807) is 13.3 Å². The second-order valence-corrected chi connectivity index (χ2v) is 5.47. The van der Waals surface area contributed by atoms with Gasteiger partial charge in [-0.05, 0) is 43.3 Å². The first kappa shape index (κ1) is 16.0. The fourth-order valence-corrected chi connectivity index (χ4v) is 2.60. The summed E-state index contributed by atoms with van der Waals surface area (Å²) < 4.78 is 16.3. The molecule has 0 N–H and O–H groups in total. The molecule has 0 amide bonds. The molecule has 7 nitrogen and oxygen atoms in total. The van der Waals surface area contributed by atoms with Crippen LogP contribution in [0.15, 0.2) is 53.2 Å². The van der Waals surface area contributed by atoms with Gasteiger partial charge in [0, 0.05) is 11.6 Å². The van der Waals surface area contributed by atoms with Gasteiger partial charge in [0.2, 0.25) is 11.7 Å². The average molecular weight is 348 g/mol. The minimum atomic E-state index is 0.341. The van der Waals surface area contributed by atoms with Gasteiger partial charge in [0.15, 0.2) is 0 Å². The molecule has 0 unspecified atom stereocenters. The number of aromatic nitrogens is 4. The van der Waals surface area contributed by atoms with E-state index in [4.69, 9.17) is 14.0 Å². The second kappa shape index (κ2) is 6.79. The van der Waals surface area contributed by atoms with Crippen LogP contribution in [0.5, 0.6) is 11.6 Å². The number of methoxy groups -OCH3 is 1. The Labute approximate surface area is 149 Å². The number of rotatable bonds is 5. The number of ether oxygens (including phenoxy) is 2. The van der Waals surface area contributed by atoms with Crippen LogP contribution in [0.25, 0.3) is 33.9 Å². The molecule has 4 aromatic rings. The first-order valence-corrected chi connectivity index (χ1v) is 8.15. The number of nitrogens with zero attached hydrogens (tertiary/aromatic N) is 4. The highest BCUT2D eigenvalue weighted by atomic mass is 16.5. The van der Waals surface area contributed by atoms with Crippen LogP contribution in [0.4, 0.5) is 0 Å². The zero-order chi connectivity index (χ0) is 17.9.